The van der Waals surface area contributed by atoms with Crippen LogP contribution in [0.2, 0.25) is 0 Å². The number of hydrogen-bond acceptors (Lipinski definition) is 4. The first-order chi connectivity index (χ1) is 8.53. The number of amides is 1. The Labute approximate surface area is 110 Å². The zero-order chi connectivity index (χ0) is 13.4. The molecule has 2 N–H and O–H groups in total. The molecule has 1 rings (SSSR count). The minimum absolute atomic E-state index is 0.0194. The molecule has 0 spiro atoms. The van der Waals surface area contributed by atoms with Gasteiger partial charge in [-0.15, -0.1) is 0 Å². The normalized spacial score (nSPS) is 17.7. The molecule has 0 radical (unpaired) electrons. The zero-order valence-corrected chi connectivity index (χ0v) is 11.8. The predicted molar refractivity (Wildman–Crippen MR) is 70.6 cm³/mol. The van der Waals surface area contributed by atoms with Gasteiger partial charge in [0.25, 0.3) is 0 Å². The maximum Gasteiger partial charge on any atom is 0.222 e. The Bertz CT molecular complexity index is 251. The van der Waals surface area contributed by atoms with Crippen LogP contribution in [0.1, 0.15) is 33.1 Å². The van der Waals surface area contributed by atoms with E-state index in [1.807, 2.05) is 13.8 Å². The Kier molecular flexibility index (Phi) is 6.60. The summed E-state index contributed by atoms with van der Waals surface area (Å²) in [5.41, 5.74) is -0.319. The molecule has 0 aromatic heterocycles. The van der Waals surface area contributed by atoms with Gasteiger partial charge >= 0.3 is 0 Å². The standard InChI is InChI=1S/C13H26N2O3/c1-13(2,10-17-3)15-12(16)6-9-18-11-4-7-14-8-5-11/h11,14H,4-10H2,1-3H3,(H,15,16). The summed E-state index contributed by atoms with van der Waals surface area (Å²) in [4.78, 5) is 11.7. The second kappa shape index (κ2) is 7.71. The largest absolute Gasteiger partial charge is 0.382 e. The van der Waals surface area contributed by atoms with Crippen molar-refractivity contribution < 1.29 is 14.3 Å². The average Bonchev–Trinajstić information content (AvgIpc) is 2.29. The number of carbonyl (C=O) groups excluding carboxylic acids is 1. The Morgan fingerprint density at radius 3 is 2.67 bits per heavy atom. The van der Waals surface area contributed by atoms with E-state index in [4.69, 9.17) is 9.47 Å². The monoisotopic (exact) mass is 258 g/mol. The number of ether oxygens (including phenoxy) is 2. The number of piperidine rings is 1. The van der Waals surface area contributed by atoms with Crippen molar-refractivity contribution in [3.8, 4) is 0 Å². The third kappa shape index (κ3) is 6.33. The van der Waals surface area contributed by atoms with Gasteiger partial charge < -0.3 is 20.1 Å². The van der Waals surface area contributed by atoms with Crippen LogP contribution in [0.4, 0.5) is 0 Å². The van der Waals surface area contributed by atoms with E-state index in [2.05, 4.69) is 10.6 Å². The lowest BCUT2D eigenvalue weighted by molar-refractivity contribution is -0.125. The molecule has 0 aromatic carbocycles. The van der Waals surface area contributed by atoms with Crippen LogP contribution in [0.3, 0.4) is 0 Å². The molecule has 106 valence electrons. The first-order valence-corrected chi connectivity index (χ1v) is 6.66. The number of hydrogen-bond donors (Lipinski definition) is 2. The maximum absolute atomic E-state index is 11.7. The maximum atomic E-state index is 11.7. The molecular weight excluding hydrogens is 232 g/mol. The Morgan fingerprint density at radius 2 is 2.06 bits per heavy atom. The second-order valence-electron chi connectivity index (χ2n) is 5.44. The molecule has 5 nitrogen and oxygen atoms in total. The minimum Gasteiger partial charge on any atom is -0.382 e. The van der Waals surface area contributed by atoms with Crippen LogP contribution in [-0.2, 0) is 14.3 Å². The van der Waals surface area contributed by atoms with E-state index in [0.717, 1.165) is 25.9 Å². The number of nitrogens with one attached hydrogen (secondary N) is 2. The summed E-state index contributed by atoms with van der Waals surface area (Å²) in [6.07, 6.45) is 2.80. The van der Waals surface area contributed by atoms with Crippen LogP contribution < -0.4 is 10.6 Å². The molecule has 18 heavy (non-hydrogen) atoms. The smallest absolute Gasteiger partial charge is 0.222 e. The van der Waals surface area contributed by atoms with Gasteiger partial charge in [-0.3, -0.25) is 4.79 Å². The molecule has 1 fully saturated rings. The quantitative estimate of drug-likeness (QED) is 0.705. The predicted octanol–water partition coefficient (Wildman–Crippen LogP) is 0.686. The van der Waals surface area contributed by atoms with E-state index in [1.165, 1.54) is 0 Å². The third-order valence-corrected chi connectivity index (χ3v) is 2.95. The van der Waals surface area contributed by atoms with Crippen molar-refractivity contribution in [3.63, 3.8) is 0 Å². The van der Waals surface area contributed by atoms with Crippen molar-refractivity contribution in [2.75, 3.05) is 33.4 Å². The molecule has 0 atom stereocenters. The fourth-order valence-corrected chi connectivity index (χ4v) is 2.12. The molecule has 1 aliphatic heterocycles. The molecule has 0 saturated carbocycles. The number of carbonyl (C=O) groups is 1. The minimum atomic E-state index is -0.319. The van der Waals surface area contributed by atoms with Gasteiger partial charge in [0.15, 0.2) is 0 Å². The van der Waals surface area contributed by atoms with E-state index >= 15 is 0 Å². The highest BCUT2D eigenvalue weighted by molar-refractivity contribution is 5.76. The molecule has 1 heterocycles. The number of rotatable bonds is 7. The Morgan fingerprint density at radius 1 is 1.39 bits per heavy atom. The van der Waals surface area contributed by atoms with Gasteiger partial charge in [0.2, 0.25) is 5.91 Å². The fourth-order valence-electron chi connectivity index (χ4n) is 2.12. The van der Waals surface area contributed by atoms with Gasteiger partial charge in [0.05, 0.1) is 24.9 Å². The van der Waals surface area contributed by atoms with Crippen LogP contribution >= 0.6 is 0 Å². The van der Waals surface area contributed by atoms with E-state index in [1.54, 1.807) is 7.11 Å². The molecule has 0 unspecified atom stereocenters. The van der Waals surface area contributed by atoms with Crippen LogP contribution in [0.15, 0.2) is 0 Å². The SMILES string of the molecule is COCC(C)(C)NC(=O)CCOC1CCNCC1. The highest BCUT2D eigenvalue weighted by Crippen LogP contribution is 2.08. The van der Waals surface area contributed by atoms with Crippen molar-refractivity contribution in [3.05, 3.63) is 0 Å². The summed E-state index contributed by atoms with van der Waals surface area (Å²) in [7, 11) is 1.63. The van der Waals surface area contributed by atoms with Crippen molar-refractivity contribution in [2.24, 2.45) is 0 Å². The van der Waals surface area contributed by atoms with Gasteiger partial charge in [0, 0.05) is 13.5 Å². The van der Waals surface area contributed by atoms with Gasteiger partial charge in [-0.1, -0.05) is 0 Å². The van der Waals surface area contributed by atoms with Gasteiger partial charge in [-0.2, -0.15) is 0 Å². The lowest BCUT2D eigenvalue weighted by atomic mass is 10.1. The molecule has 5 heteroatoms. The van der Waals surface area contributed by atoms with Crippen LogP contribution in [0.5, 0.6) is 0 Å². The highest BCUT2D eigenvalue weighted by atomic mass is 16.5. The molecule has 1 aliphatic rings. The van der Waals surface area contributed by atoms with Crippen molar-refractivity contribution in [1.29, 1.82) is 0 Å². The fraction of sp³-hybridized carbons (Fsp3) is 0.923. The average molecular weight is 258 g/mol. The van der Waals surface area contributed by atoms with Gasteiger partial charge in [0.1, 0.15) is 0 Å². The lowest BCUT2D eigenvalue weighted by Crippen LogP contribution is -2.47. The van der Waals surface area contributed by atoms with Gasteiger partial charge in [-0.05, 0) is 39.8 Å². The Balaban J connectivity index is 2.12. The first-order valence-electron chi connectivity index (χ1n) is 6.66. The van der Waals surface area contributed by atoms with Gasteiger partial charge in [-0.25, -0.2) is 0 Å². The molecule has 0 aromatic rings. The summed E-state index contributed by atoms with van der Waals surface area (Å²) in [5.74, 6) is 0.0194. The van der Waals surface area contributed by atoms with E-state index in [-0.39, 0.29) is 11.4 Å². The molecular formula is C13H26N2O3. The molecule has 1 amide bonds. The molecule has 0 aliphatic carbocycles. The van der Waals surface area contributed by atoms with E-state index in [0.29, 0.717) is 25.7 Å². The highest BCUT2D eigenvalue weighted by Gasteiger charge is 2.20. The topological polar surface area (TPSA) is 59.6 Å². The van der Waals surface area contributed by atoms with Crippen LogP contribution in [-0.4, -0.2) is 51.0 Å². The molecule has 0 bridgehead atoms. The van der Waals surface area contributed by atoms with Crippen LogP contribution in [0.25, 0.3) is 0 Å². The summed E-state index contributed by atoms with van der Waals surface area (Å²) in [6.45, 7) is 6.92. The molecule has 1 saturated heterocycles. The third-order valence-electron chi connectivity index (χ3n) is 2.95. The summed E-state index contributed by atoms with van der Waals surface area (Å²) >= 11 is 0. The van der Waals surface area contributed by atoms with Crippen molar-refractivity contribution in [1.82, 2.24) is 10.6 Å². The Hall–Kier alpha value is -0.650. The van der Waals surface area contributed by atoms with E-state index < -0.39 is 0 Å². The van der Waals surface area contributed by atoms with Crippen molar-refractivity contribution in [2.45, 2.75) is 44.8 Å². The lowest BCUT2D eigenvalue weighted by Gasteiger charge is -2.26. The van der Waals surface area contributed by atoms with Crippen LogP contribution in [0, 0.1) is 0 Å². The van der Waals surface area contributed by atoms with E-state index in [9.17, 15) is 4.79 Å². The summed E-state index contributed by atoms with van der Waals surface area (Å²) in [6, 6.07) is 0. The summed E-state index contributed by atoms with van der Waals surface area (Å²) < 4.78 is 10.8. The van der Waals surface area contributed by atoms with Crippen molar-refractivity contribution >= 4 is 5.91 Å². The number of methoxy groups -OCH3 is 1. The zero-order valence-electron chi connectivity index (χ0n) is 11.8. The first kappa shape index (κ1) is 15.4. The summed E-state index contributed by atoms with van der Waals surface area (Å²) in [5, 5.41) is 6.22. The second-order valence-corrected chi connectivity index (χ2v) is 5.44.